The van der Waals surface area contributed by atoms with Crippen molar-refractivity contribution >= 4 is 17.4 Å². The molecule has 1 aromatic heterocycles. The number of aryl methyl sites for hydroxylation is 2. The van der Waals surface area contributed by atoms with E-state index >= 15 is 0 Å². The molecule has 1 heterocycles. The Morgan fingerprint density at radius 2 is 2.00 bits per heavy atom. The molecule has 0 atom stereocenters. The molecule has 1 aromatic carbocycles. The van der Waals surface area contributed by atoms with Gasteiger partial charge in [0.25, 0.3) is 5.56 Å². The summed E-state index contributed by atoms with van der Waals surface area (Å²) in [6.45, 7) is 1.33. The number of amides is 1. The summed E-state index contributed by atoms with van der Waals surface area (Å²) < 4.78 is 1.20. The molecule has 0 spiro atoms. The van der Waals surface area contributed by atoms with Gasteiger partial charge in [-0.25, -0.2) is 4.68 Å². The number of hydrogen-bond acceptors (Lipinski definition) is 4. The summed E-state index contributed by atoms with van der Waals surface area (Å²) >= 11 is 0. The van der Waals surface area contributed by atoms with E-state index in [1.165, 1.54) is 11.6 Å². The number of carbonyl (C=O) groups is 2. The van der Waals surface area contributed by atoms with Crippen LogP contribution < -0.4 is 10.9 Å². The molecule has 0 aliphatic heterocycles. The van der Waals surface area contributed by atoms with Gasteiger partial charge in [-0.15, -0.1) is 0 Å². The van der Waals surface area contributed by atoms with Crippen molar-refractivity contribution in [3.8, 4) is 0 Å². The van der Waals surface area contributed by atoms with Crippen LogP contribution in [0, 0.1) is 0 Å². The Morgan fingerprint density at radius 3 is 2.79 bits per heavy atom. The van der Waals surface area contributed by atoms with E-state index in [0.717, 1.165) is 36.9 Å². The second kappa shape index (κ2) is 6.78. The number of fused-ring (bicyclic) bond motifs is 1. The van der Waals surface area contributed by atoms with E-state index in [1.807, 2.05) is 0 Å². The summed E-state index contributed by atoms with van der Waals surface area (Å²) in [4.78, 5) is 35.7. The van der Waals surface area contributed by atoms with Crippen LogP contribution in [0.5, 0.6) is 0 Å². The maximum atomic E-state index is 12.2. The smallest absolute Gasteiger partial charge is 0.267 e. The number of carbonyl (C=O) groups excluding carboxylic acids is 2. The number of nitrogens with zero attached hydrogens (tertiary/aromatic N) is 2. The lowest BCUT2D eigenvalue weighted by atomic mass is 9.97. The van der Waals surface area contributed by atoms with E-state index in [9.17, 15) is 14.4 Å². The molecule has 3 rings (SSSR count). The molecule has 1 aliphatic rings. The zero-order valence-electron chi connectivity index (χ0n) is 13.5. The average molecular weight is 325 g/mol. The van der Waals surface area contributed by atoms with Crippen LogP contribution >= 0.6 is 0 Å². The summed E-state index contributed by atoms with van der Waals surface area (Å²) in [7, 11) is 0. The lowest BCUT2D eigenvalue weighted by Crippen LogP contribution is -2.31. The molecule has 0 saturated heterocycles. The Kier molecular flexibility index (Phi) is 4.55. The fourth-order valence-corrected chi connectivity index (χ4v) is 2.87. The highest BCUT2D eigenvalue weighted by Gasteiger charge is 2.15. The van der Waals surface area contributed by atoms with E-state index in [2.05, 4.69) is 10.4 Å². The second-order valence-corrected chi connectivity index (χ2v) is 6.00. The maximum Gasteiger partial charge on any atom is 0.267 e. The van der Waals surface area contributed by atoms with Crippen LogP contribution in [0.15, 0.2) is 35.1 Å². The minimum Gasteiger partial charge on any atom is -0.324 e. The van der Waals surface area contributed by atoms with Crippen molar-refractivity contribution in [3.05, 3.63) is 57.5 Å². The Balaban J connectivity index is 1.74. The largest absolute Gasteiger partial charge is 0.324 e. The van der Waals surface area contributed by atoms with Crippen LogP contribution in [0.25, 0.3) is 0 Å². The highest BCUT2D eigenvalue weighted by molar-refractivity contribution is 5.97. The number of aromatic nitrogens is 2. The first-order valence-electron chi connectivity index (χ1n) is 8.04. The Labute approximate surface area is 139 Å². The second-order valence-electron chi connectivity index (χ2n) is 6.00. The van der Waals surface area contributed by atoms with Crippen LogP contribution in [0.2, 0.25) is 0 Å². The van der Waals surface area contributed by atoms with Crippen LogP contribution in [0.3, 0.4) is 0 Å². The van der Waals surface area contributed by atoms with E-state index in [0.29, 0.717) is 11.3 Å². The standard InChI is InChI=1S/C18H19N3O3/c1-12(22)13-6-4-7-15(9-13)19-17(23)11-21-18(24)10-14-5-2-3-8-16(14)20-21/h4,6-7,9-10H,2-3,5,8,11H2,1H3,(H,19,23). The van der Waals surface area contributed by atoms with E-state index in [4.69, 9.17) is 0 Å². The molecule has 0 fully saturated rings. The SMILES string of the molecule is CC(=O)c1cccc(NC(=O)Cn2nc3c(cc2=O)CCCC3)c1. The molecular weight excluding hydrogens is 306 g/mol. The third-order valence-corrected chi connectivity index (χ3v) is 4.12. The van der Waals surface area contributed by atoms with Crippen molar-refractivity contribution in [1.29, 1.82) is 0 Å². The summed E-state index contributed by atoms with van der Waals surface area (Å²) in [6, 6.07) is 8.30. The lowest BCUT2D eigenvalue weighted by molar-refractivity contribution is -0.117. The van der Waals surface area contributed by atoms with Gasteiger partial charge in [0, 0.05) is 17.3 Å². The van der Waals surface area contributed by atoms with Gasteiger partial charge in [-0.2, -0.15) is 5.10 Å². The topological polar surface area (TPSA) is 81.1 Å². The summed E-state index contributed by atoms with van der Waals surface area (Å²) in [5.41, 5.74) is 2.70. The minimum absolute atomic E-state index is 0.0707. The van der Waals surface area contributed by atoms with Crippen LogP contribution in [-0.4, -0.2) is 21.5 Å². The van der Waals surface area contributed by atoms with Crippen LogP contribution in [0.4, 0.5) is 5.69 Å². The predicted octanol–water partition coefficient (Wildman–Crippen LogP) is 1.96. The van der Waals surface area contributed by atoms with Crippen molar-refractivity contribution in [2.75, 3.05) is 5.32 Å². The molecule has 1 N–H and O–H groups in total. The van der Waals surface area contributed by atoms with Crippen LogP contribution in [-0.2, 0) is 24.2 Å². The highest BCUT2D eigenvalue weighted by atomic mass is 16.2. The third kappa shape index (κ3) is 3.59. The first-order valence-corrected chi connectivity index (χ1v) is 8.04. The predicted molar refractivity (Wildman–Crippen MR) is 90.2 cm³/mol. The maximum absolute atomic E-state index is 12.2. The van der Waals surface area contributed by atoms with Crippen LogP contribution in [0.1, 0.15) is 41.4 Å². The van der Waals surface area contributed by atoms with Crippen molar-refractivity contribution in [2.24, 2.45) is 0 Å². The number of rotatable bonds is 4. The monoisotopic (exact) mass is 325 g/mol. The van der Waals surface area contributed by atoms with Gasteiger partial charge in [0.2, 0.25) is 5.91 Å². The van der Waals surface area contributed by atoms with Gasteiger partial charge in [-0.05, 0) is 50.3 Å². The van der Waals surface area contributed by atoms with Crippen molar-refractivity contribution < 1.29 is 9.59 Å². The zero-order valence-corrected chi connectivity index (χ0v) is 13.5. The molecule has 0 radical (unpaired) electrons. The minimum atomic E-state index is -0.346. The molecule has 1 aliphatic carbocycles. The molecule has 0 unspecified atom stereocenters. The van der Waals surface area contributed by atoms with E-state index in [1.54, 1.807) is 30.3 Å². The molecule has 124 valence electrons. The van der Waals surface area contributed by atoms with Gasteiger partial charge in [-0.1, -0.05) is 12.1 Å². The average Bonchev–Trinajstić information content (AvgIpc) is 2.55. The summed E-state index contributed by atoms with van der Waals surface area (Å²) in [5, 5.41) is 7.03. The Bertz CT molecular complexity index is 855. The lowest BCUT2D eigenvalue weighted by Gasteiger charge is -2.15. The number of nitrogens with one attached hydrogen (secondary N) is 1. The third-order valence-electron chi connectivity index (χ3n) is 4.12. The van der Waals surface area contributed by atoms with Gasteiger partial charge < -0.3 is 5.32 Å². The first kappa shape index (κ1) is 16.1. The molecule has 6 nitrogen and oxygen atoms in total. The Morgan fingerprint density at radius 1 is 1.21 bits per heavy atom. The molecule has 2 aromatic rings. The van der Waals surface area contributed by atoms with Crippen molar-refractivity contribution in [3.63, 3.8) is 0 Å². The van der Waals surface area contributed by atoms with Gasteiger partial charge in [-0.3, -0.25) is 14.4 Å². The molecular formula is C18H19N3O3. The summed E-state index contributed by atoms with van der Waals surface area (Å²) in [6.07, 6.45) is 3.85. The van der Waals surface area contributed by atoms with Crippen molar-refractivity contribution in [2.45, 2.75) is 39.2 Å². The van der Waals surface area contributed by atoms with E-state index < -0.39 is 0 Å². The summed E-state index contributed by atoms with van der Waals surface area (Å²) in [5.74, 6) is -0.417. The van der Waals surface area contributed by atoms with E-state index in [-0.39, 0.29) is 23.8 Å². The van der Waals surface area contributed by atoms with Gasteiger partial charge in [0.1, 0.15) is 6.54 Å². The highest BCUT2D eigenvalue weighted by Crippen LogP contribution is 2.17. The zero-order chi connectivity index (χ0) is 17.1. The van der Waals surface area contributed by atoms with Gasteiger partial charge in [0.15, 0.2) is 5.78 Å². The fraction of sp³-hybridized carbons (Fsp3) is 0.333. The molecule has 24 heavy (non-hydrogen) atoms. The fourth-order valence-electron chi connectivity index (χ4n) is 2.87. The van der Waals surface area contributed by atoms with Gasteiger partial charge in [0.05, 0.1) is 5.69 Å². The normalized spacial score (nSPS) is 13.2. The number of Topliss-reactive ketones (excluding diaryl/α,β-unsaturated/α-hetero) is 1. The first-order chi connectivity index (χ1) is 11.5. The number of ketones is 1. The Hall–Kier alpha value is -2.76. The number of benzene rings is 1. The molecule has 0 saturated carbocycles. The molecule has 0 bridgehead atoms. The quantitative estimate of drug-likeness (QED) is 0.871. The number of hydrogen-bond donors (Lipinski definition) is 1. The van der Waals surface area contributed by atoms with Gasteiger partial charge >= 0.3 is 0 Å². The molecule has 1 amide bonds. The number of anilines is 1. The molecule has 6 heteroatoms. The van der Waals surface area contributed by atoms with Crippen molar-refractivity contribution in [1.82, 2.24) is 9.78 Å².